The molecule has 0 atom stereocenters. The van der Waals surface area contributed by atoms with Gasteiger partial charge in [0.2, 0.25) is 0 Å². The van der Waals surface area contributed by atoms with Crippen LogP contribution in [0, 0.1) is 0 Å². The van der Waals surface area contributed by atoms with Crippen molar-refractivity contribution in [2.45, 2.75) is 10.1 Å². The molecule has 21 heavy (non-hydrogen) atoms. The number of hydrogen-bond acceptors (Lipinski definition) is 6. The second-order valence-corrected chi connectivity index (χ2v) is 5.61. The van der Waals surface area contributed by atoms with Crippen molar-refractivity contribution in [1.29, 1.82) is 0 Å². The zero-order valence-electron chi connectivity index (χ0n) is 11.0. The van der Waals surface area contributed by atoms with Gasteiger partial charge in [-0.05, 0) is 42.1 Å². The second-order valence-electron chi connectivity index (χ2n) is 4.58. The first-order chi connectivity index (χ1) is 10.3. The summed E-state index contributed by atoms with van der Waals surface area (Å²) in [6.07, 6.45) is 0. The summed E-state index contributed by atoms with van der Waals surface area (Å²) in [5, 5.41) is 0.555. The SMILES string of the molecule is Nc1cccc2oc(Sc3ccc4c(c3)OCCO4)nc12. The number of aromatic nitrogens is 1. The van der Waals surface area contributed by atoms with Crippen LogP contribution in [-0.4, -0.2) is 18.2 Å². The van der Waals surface area contributed by atoms with Gasteiger partial charge < -0.3 is 19.6 Å². The van der Waals surface area contributed by atoms with Crippen molar-refractivity contribution in [1.82, 2.24) is 4.98 Å². The van der Waals surface area contributed by atoms with Crippen LogP contribution in [0.4, 0.5) is 5.69 Å². The first kappa shape index (κ1) is 12.4. The molecule has 4 rings (SSSR count). The monoisotopic (exact) mass is 300 g/mol. The fourth-order valence-corrected chi connectivity index (χ4v) is 2.95. The maximum Gasteiger partial charge on any atom is 0.261 e. The average Bonchev–Trinajstić information content (AvgIpc) is 2.91. The summed E-state index contributed by atoms with van der Waals surface area (Å²) in [6.45, 7) is 1.16. The number of hydrogen-bond donors (Lipinski definition) is 1. The standard InChI is InChI=1S/C15H12N2O3S/c16-10-2-1-3-12-14(10)17-15(20-12)21-9-4-5-11-13(8-9)19-7-6-18-11/h1-5,8H,6-7,16H2. The molecule has 0 aliphatic carbocycles. The Balaban J connectivity index is 1.66. The third-order valence-electron chi connectivity index (χ3n) is 3.15. The van der Waals surface area contributed by atoms with Gasteiger partial charge >= 0.3 is 0 Å². The molecule has 1 aliphatic heterocycles. The van der Waals surface area contributed by atoms with E-state index < -0.39 is 0 Å². The second kappa shape index (κ2) is 4.89. The molecule has 3 aromatic rings. The molecule has 1 aromatic heterocycles. The zero-order valence-corrected chi connectivity index (χ0v) is 11.9. The van der Waals surface area contributed by atoms with E-state index in [0.717, 1.165) is 16.4 Å². The van der Waals surface area contributed by atoms with Gasteiger partial charge in [0.25, 0.3) is 5.22 Å². The van der Waals surface area contributed by atoms with E-state index in [0.29, 0.717) is 35.2 Å². The van der Waals surface area contributed by atoms with Gasteiger partial charge in [0, 0.05) is 4.90 Å². The quantitative estimate of drug-likeness (QED) is 0.732. The molecule has 0 unspecified atom stereocenters. The van der Waals surface area contributed by atoms with E-state index in [1.807, 2.05) is 36.4 Å². The highest BCUT2D eigenvalue weighted by Crippen LogP contribution is 2.37. The van der Waals surface area contributed by atoms with Crippen LogP contribution < -0.4 is 15.2 Å². The van der Waals surface area contributed by atoms with Crippen molar-refractivity contribution in [3.63, 3.8) is 0 Å². The molecule has 106 valence electrons. The molecule has 5 nitrogen and oxygen atoms in total. The summed E-state index contributed by atoms with van der Waals surface area (Å²) in [6, 6.07) is 11.3. The predicted molar refractivity (Wildman–Crippen MR) is 80.0 cm³/mol. The lowest BCUT2D eigenvalue weighted by Gasteiger charge is -2.18. The minimum Gasteiger partial charge on any atom is -0.486 e. The van der Waals surface area contributed by atoms with Crippen LogP contribution >= 0.6 is 11.8 Å². The van der Waals surface area contributed by atoms with E-state index in [4.69, 9.17) is 19.6 Å². The predicted octanol–water partition coefficient (Wildman–Crippen LogP) is 3.33. The maximum absolute atomic E-state index is 5.89. The van der Waals surface area contributed by atoms with Crippen LogP contribution in [0.15, 0.2) is 50.9 Å². The Kier molecular flexibility index (Phi) is 2.89. The van der Waals surface area contributed by atoms with Gasteiger partial charge in [-0.25, -0.2) is 4.98 Å². The van der Waals surface area contributed by atoms with Crippen LogP contribution in [0.5, 0.6) is 11.5 Å². The van der Waals surface area contributed by atoms with Gasteiger partial charge in [0.15, 0.2) is 17.1 Å². The smallest absolute Gasteiger partial charge is 0.261 e. The van der Waals surface area contributed by atoms with Crippen LogP contribution in [0.25, 0.3) is 11.1 Å². The summed E-state index contributed by atoms with van der Waals surface area (Å²) in [5.41, 5.74) is 7.88. The third kappa shape index (κ3) is 2.27. The van der Waals surface area contributed by atoms with Crippen molar-refractivity contribution < 1.29 is 13.9 Å². The number of para-hydroxylation sites is 1. The number of nitrogen functional groups attached to an aromatic ring is 1. The van der Waals surface area contributed by atoms with Crippen molar-refractivity contribution in [2.75, 3.05) is 18.9 Å². The van der Waals surface area contributed by atoms with Gasteiger partial charge in [-0.3, -0.25) is 0 Å². The Morgan fingerprint density at radius 1 is 1.05 bits per heavy atom. The highest BCUT2D eigenvalue weighted by Gasteiger charge is 2.14. The zero-order chi connectivity index (χ0) is 14.2. The van der Waals surface area contributed by atoms with Gasteiger partial charge in [-0.1, -0.05) is 6.07 Å². The Morgan fingerprint density at radius 2 is 1.90 bits per heavy atom. The van der Waals surface area contributed by atoms with Crippen molar-refractivity contribution in [3.8, 4) is 11.5 Å². The first-order valence-corrected chi connectivity index (χ1v) is 7.34. The van der Waals surface area contributed by atoms with E-state index >= 15 is 0 Å². The van der Waals surface area contributed by atoms with Crippen LogP contribution in [0.3, 0.4) is 0 Å². The molecule has 2 heterocycles. The molecule has 6 heteroatoms. The van der Waals surface area contributed by atoms with E-state index in [2.05, 4.69) is 4.98 Å². The van der Waals surface area contributed by atoms with E-state index in [1.165, 1.54) is 11.8 Å². The fraction of sp³-hybridized carbons (Fsp3) is 0.133. The molecule has 0 bridgehead atoms. The molecular weight excluding hydrogens is 288 g/mol. The molecule has 1 aliphatic rings. The number of rotatable bonds is 2. The molecule has 0 saturated heterocycles. The summed E-state index contributed by atoms with van der Waals surface area (Å²) >= 11 is 1.43. The van der Waals surface area contributed by atoms with Crippen molar-refractivity contribution in [3.05, 3.63) is 36.4 Å². The largest absolute Gasteiger partial charge is 0.486 e. The Labute approximate surface area is 125 Å². The van der Waals surface area contributed by atoms with Crippen LogP contribution in [0.2, 0.25) is 0 Å². The molecular formula is C15H12N2O3S. The Morgan fingerprint density at radius 3 is 2.76 bits per heavy atom. The number of benzene rings is 2. The molecule has 0 amide bonds. The molecule has 0 spiro atoms. The lowest BCUT2D eigenvalue weighted by atomic mass is 10.3. The minimum absolute atomic E-state index is 0.555. The molecule has 2 N–H and O–H groups in total. The lowest BCUT2D eigenvalue weighted by molar-refractivity contribution is 0.171. The number of anilines is 1. The highest BCUT2D eigenvalue weighted by atomic mass is 32.2. The maximum atomic E-state index is 5.89. The summed E-state index contributed by atoms with van der Waals surface area (Å²) in [4.78, 5) is 5.40. The number of oxazole rings is 1. The van der Waals surface area contributed by atoms with Crippen LogP contribution in [0.1, 0.15) is 0 Å². The van der Waals surface area contributed by atoms with E-state index in [1.54, 1.807) is 0 Å². The normalized spacial score (nSPS) is 13.5. The van der Waals surface area contributed by atoms with E-state index in [-0.39, 0.29) is 0 Å². The number of nitrogens with zero attached hydrogens (tertiary/aromatic N) is 1. The van der Waals surface area contributed by atoms with Gasteiger partial charge in [-0.2, -0.15) is 0 Å². The van der Waals surface area contributed by atoms with E-state index in [9.17, 15) is 0 Å². The number of fused-ring (bicyclic) bond motifs is 2. The van der Waals surface area contributed by atoms with Gasteiger partial charge in [0.1, 0.15) is 18.7 Å². The van der Waals surface area contributed by atoms with Gasteiger partial charge in [0.05, 0.1) is 5.69 Å². The molecule has 2 aromatic carbocycles. The van der Waals surface area contributed by atoms with Gasteiger partial charge in [-0.15, -0.1) is 0 Å². The topological polar surface area (TPSA) is 70.5 Å². The fourth-order valence-electron chi connectivity index (χ4n) is 2.18. The minimum atomic E-state index is 0.555. The Bertz CT molecular complexity index is 816. The van der Waals surface area contributed by atoms with Crippen LogP contribution in [-0.2, 0) is 0 Å². The Hall–Kier alpha value is -2.34. The van der Waals surface area contributed by atoms with Crippen molar-refractivity contribution in [2.24, 2.45) is 0 Å². The highest BCUT2D eigenvalue weighted by molar-refractivity contribution is 7.99. The first-order valence-electron chi connectivity index (χ1n) is 6.52. The molecule has 0 radical (unpaired) electrons. The average molecular weight is 300 g/mol. The summed E-state index contributed by atoms with van der Waals surface area (Å²) in [5.74, 6) is 1.52. The summed E-state index contributed by atoms with van der Waals surface area (Å²) in [7, 11) is 0. The number of ether oxygens (including phenoxy) is 2. The molecule has 0 fully saturated rings. The number of nitrogens with two attached hydrogens (primary N) is 1. The lowest BCUT2D eigenvalue weighted by Crippen LogP contribution is -2.15. The molecule has 0 saturated carbocycles. The van der Waals surface area contributed by atoms with Crippen molar-refractivity contribution >= 4 is 28.5 Å². The summed E-state index contributed by atoms with van der Waals surface area (Å²) < 4.78 is 16.8. The third-order valence-corrected chi connectivity index (χ3v) is 3.99.